The number of aromatic nitrogens is 1. The van der Waals surface area contributed by atoms with Crippen LogP contribution in [0.3, 0.4) is 0 Å². The van der Waals surface area contributed by atoms with Crippen LogP contribution in [0, 0.1) is 25.7 Å². The molecule has 1 aliphatic heterocycles. The summed E-state index contributed by atoms with van der Waals surface area (Å²) in [4.78, 5) is 38.9. The second kappa shape index (κ2) is 6.56. The Bertz CT molecular complexity index is 761. The lowest BCUT2D eigenvalue weighted by atomic mass is 9.96. The zero-order chi connectivity index (χ0) is 19.2. The highest BCUT2D eigenvalue weighted by molar-refractivity contribution is 6.11. The van der Waals surface area contributed by atoms with Gasteiger partial charge in [0.25, 0.3) is 5.91 Å². The molecule has 1 N–H and O–H groups in total. The van der Waals surface area contributed by atoms with Gasteiger partial charge in [-0.05, 0) is 57.9 Å². The number of Topliss-reactive ketones (excluding diaryl/α,β-unsaturated/α-hetero) is 1. The second-order valence-corrected chi connectivity index (χ2v) is 8.34. The smallest absolute Gasteiger partial charge is 0.325 e. The first kappa shape index (κ1) is 18.7. The monoisotopic (exact) mass is 359 g/mol. The maximum atomic E-state index is 12.8. The molecule has 1 saturated heterocycles. The summed E-state index contributed by atoms with van der Waals surface area (Å²) in [5, 5.41) is 2.79. The van der Waals surface area contributed by atoms with E-state index in [0.29, 0.717) is 11.5 Å². The number of nitrogens with one attached hydrogen (secondary N) is 1. The summed E-state index contributed by atoms with van der Waals surface area (Å²) in [5.74, 6) is 0.325. The van der Waals surface area contributed by atoms with Gasteiger partial charge in [-0.3, -0.25) is 14.5 Å². The van der Waals surface area contributed by atoms with Crippen LogP contribution in [0.4, 0.5) is 4.79 Å². The van der Waals surface area contributed by atoms with Crippen molar-refractivity contribution in [2.24, 2.45) is 11.8 Å². The van der Waals surface area contributed by atoms with Crippen molar-refractivity contribution >= 4 is 17.7 Å². The minimum Gasteiger partial charge on any atom is -0.348 e. The quantitative estimate of drug-likeness (QED) is 0.601. The topological polar surface area (TPSA) is 71.4 Å². The van der Waals surface area contributed by atoms with Crippen LogP contribution >= 0.6 is 0 Å². The number of hydrogen-bond donors (Lipinski definition) is 1. The van der Waals surface area contributed by atoms with Crippen LogP contribution in [0.15, 0.2) is 6.07 Å². The molecule has 1 saturated carbocycles. The summed E-state index contributed by atoms with van der Waals surface area (Å²) in [5.41, 5.74) is 1.70. The predicted octanol–water partition coefficient (Wildman–Crippen LogP) is 3.05. The fourth-order valence-electron chi connectivity index (χ4n) is 3.84. The number of carbonyl (C=O) groups excluding carboxylic acids is 3. The molecule has 1 aromatic rings. The molecule has 2 aliphatic rings. The molecule has 1 atom stereocenters. The Labute approximate surface area is 154 Å². The van der Waals surface area contributed by atoms with Crippen molar-refractivity contribution in [1.29, 1.82) is 0 Å². The largest absolute Gasteiger partial charge is 0.348 e. The number of aryl methyl sites for hydroxylation is 1. The Morgan fingerprint density at radius 3 is 2.54 bits per heavy atom. The molecule has 1 unspecified atom stereocenters. The average Bonchev–Trinajstić information content (AvgIpc) is 3.34. The van der Waals surface area contributed by atoms with Crippen LogP contribution in [0.2, 0.25) is 0 Å². The molecule has 26 heavy (non-hydrogen) atoms. The molecule has 0 bridgehead atoms. The SMILES string of the molecule is Cc1cc(C(=O)CN2C(=O)NC(C)(C3CC3)C2=O)c(C)n1CCC(C)C. The van der Waals surface area contributed by atoms with E-state index in [1.165, 1.54) is 0 Å². The number of carbonyl (C=O) groups is 3. The van der Waals surface area contributed by atoms with Crippen molar-refractivity contribution in [3.63, 3.8) is 0 Å². The van der Waals surface area contributed by atoms with E-state index in [-0.39, 0.29) is 24.2 Å². The zero-order valence-corrected chi connectivity index (χ0v) is 16.4. The van der Waals surface area contributed by atoms with Crippen molar-refractivity contribution in [3.05, 3.63) is 23.0 Å². The minimum absolute atomic E-state index is 0.183. The van der Waals surface area contributed by atoms with Crippen LogP contribution in [0.5, 0.6) is 0 Å². The van der Waals surface area contributed by atoms with Gasteiger partial charge in [0.1, 0.15) is 5.54 Å². The molecular weight excluding hydrogens is 330 g/mol. The van der Waals surface area contributed by atoms with E-state index in [1.807, 2.05) is 19.9 Å². The summed E-state index contributed by atoms with van der Waals surface area (Å²) < 4.78 is 2.15. The van der Waals surface area contributed by atoms with Gasteiger partial charge < -0.3 is 9.88 Å². The van der Waals surface area contributed by atoms with Crippen molar-refractivity contribution in [2.75, 3.05) is 6.54 Å². The maximum Gasteiger partial charge on any atom is 0.325 e. The van der Waals surface area contributed by atoms with E-state index in [4.69, 9.17) is 0 Å². The third kappa shape index (κ3) is 3.17. The number of ketones is 1. The normalized spacial score (nSPS) is 23.1. The van der Waals surface area contributed by atoms with Gasteiger partial charge in [0.05, 0.1) is 6.54 Å². The van der Waals surface area contributed by atoms with Gasteiger partial charge in [-0.15, -0.1) is 0 Å². The van der Waals surface area contributed by atoms with E-state index in [1.54, 1.807) is 6.92 Å². The highest BCUT2D eigenvalue weighted by atomic mass is 16.2. The van der Waals surface area contributed by atoms with Crippen LogP contribution in [-0.4, -0.2) is 39.3 Å². The highest BCUT2D eigenvalue weighted by Gasteiger charge is 2.56. The molecule has 142 valence electrons. The maximum absolute atomic E-state index is 12.8. The first-order chi connectivity index (χ1) is 12.1. The summed E-state index contributed by atoms with van der Waals surface area (Å²) in [7, 11) is 0. The Balaban J connectivity index is 1.75. The lowest BCUT2D eigenvalue weighted by molar-refractivity contribution is -0.131. The van der Waals surface area contributed by atoms with Crippen molar-refractivity contribution in [2.45, 2.75) is 66.0 Å². The van der Waals surface area contributed by atoms with Gasteiger partial charge in [0, 0.05) is 23.5 Å². The van der Waals surface area contributed by atoms with Crippen molar-refractivity contribution in [3.8, 4) is 0 Å². The van der Waals surface area contributed by atoms with Crippen LogP contribution in [-0.2, 0) is 11.3 Å². The van der Waals surface area contributed by atoms with E-state index in [9.17, 15) is 14.4 Å². The van der Waals surface area contributed by atoms with E-state index < -0.39 is 11.6 Å². The third-order valence-electron chi connectivity index (χ3n) is 5.80. The lowest BCUT2D eigenvalue weighted by Gasteiger charge is -2.20. The molecule has 2 heterocycles. The van der Waals surface area contributed by atoms with Gasteiger partial charge >= 0.3 is 6.03 Å². The van der Waals surface area contributed by atoms with Crippen molar-refractivity contribution in [1.82, 2.24) is 14.8 Å². The van der Waals surface area contributed by atoms with E-state index in [0.717, 1.165) is 42.1 Å². The lowest BCUT2D eigenvalue weighted by Crippen LogP contribution is -2.46. The average molecular weight is 359 g/mol. The van der Waals surface area contributed by atoms with Gasteiger partial charge in [-0.25, -0.2) is 4.79 Å². The van der Waals surface area contributed by atoms with Crippen LogP contribution in [0.25, 0.3) is 0 Å². The fraction of sp³-hybridized carbons (Fsp3) is 0.650. The number of amides is 3. The van der Waals surface area contributed by atoms with Crippen LogP contribution < -0.4 is 5.32 Å². The Kier molecular flexibility index (Phi) is 4.71. The number of rotatable bonds is 7. The molecule has 6 nitrogen and oxygen atoms in total. The molecule has 3 rings (SSSR count). The molecule has 6 heteroatoms. The van der Waals surface area contributed by atoms with Gasteiger partial charge in [-0.1, -0.05) is 13.8 Å². The fourth-order valence-corrected chi connectivity index (χ4v) is 3.84. The molecule has 0 aromatic carbocycles. The third-order valence-corrected chi connectivity index (χ3v) is 5.80. The molecule has 0 radical (unpaired) electrons. The molecule has 2 fully saturated rings. The molecule has 0 spiro atoms. The van der Waals surface area contributed by atoms with Gasteiger partial charge in [0.15, 0.2) is 5.78 Å². The number of nitrogens with zero attached hydrogens (tertiary/aromatic N) is 2. The first-order valence-electron chi connectivity index (χ1n) is 9.49. The summed E-state index contributed by atoms with van der Waals surface area (Å²) in [6.07, 6.45) is 2.93. The Hall–Kier alpha value is -2.11. The second-order valence-electron chi connectivity index (χ2n) is 8.34. The molecule has 3 amide bonds. The molecule has 1 aromatic heterocycles. The summed E-state index contributed by atoms with van der Waals surface area (Å²) in [6.45, 7) is 10.7. The molecular formula is C20H29N3O3. The summed E-state index contributed by atoms with van der Waals surface area (Å²) in [6, 6.07) is 1.42. The minimum atomic E-state index is -0.842. The zero-order valence-electron chi connectivity index (χ0n) is 16.4. The first-order valence-corrected chi connectivity index (χ1v) is 9.49. The van der Waals surface area contributed by atoms with E-state index in [2.05, 4.69) is 23.7 Å². The van der Waals surface area contributed by atoms with Gasteiger partial charge in [0.2, 0.25) is 0 Å². The predicted molar refractivity (Wildman–Crippen MR) is 99.1 cm³/mol. The Morgan fingerprint density at radius 2 is 1.96 bits per heavy atom. The van der Waals surface area contributed by atoms with Crippen molar-refractivity contribution < 1.29 is 14.4 Å². The molecule has 1 aliphatic carbocycles. The Morgan fingerprint density at radius 1 is 1.31 bits per heavy atom. The summed E-state index contributed by atoms with van der Waals surface area (Å²) >= 11 is 0. The van der Waals surface area contributed by atoms with Crippen LogP contribution in [0.1, 0.15) is 61.8 Å². The van der Waals surface area contributed by atoms with Gasteiger partial charge in [-0.2, -0.15) is 0 Å². The highest BCUT2D eigenvalue weighted by Crippen LogP contribution is 2.42. The number of urea groups is 1. The standard InChI is InChI=1S/C20H29N3O3/c1-12(2)8-9-22-13(3)10-16(14(22)4)17(24)11-23-18(25)20(5,15-6-7-15)21-19(23)26/h10,12,15H,6-9,11H2,1-5H3,(H,21,26). The van der Waals surface area contributed by atoms with E-state index >= 15 is 0 Å². The number of imide groups is 1. The number of hydrogen-bond acceptors (Lipinski definition) is 3.